The van der Waals surface area contributed by atoms with Gasteiger partial charge in [-0.15, -0.1) is 5.01 Å². The largest absolute Gasteiger partial charge is 0.497 e. The van der Waals surface area contributed by atoms with Crippen molar-refractivity contribution < 1.29 is 19.2 Å². The molecular formula is C18H16N4O5. The number of benzene rings is 2. The van der Waals surface area contributed by atoms with Crippen LogP contribution in [0.2, 0.25) is 0 Å². The normalized spacial score (nSPS) is 19.4. The SMILES string of the molecule is COc1ccc([C@@]2(C)NC(=O)N(/N=C\c3cccc([N+](=O)[O-])c3)C2=O)cc1. The highest BCUT2D eigenvalue weighted by Crippen LogP contribution is 2.30. The first-order valence-corrected chi connectivity index (χ1v) is 7.95. The summed E-state index contributed by atoms with van der Waals surface area (Å²) in [7, 11) is 1.53. The molecule has 1 N–H and O–H groups in total. The molecule has 3 rings (SSSR count). The summed E-state index contributed by atoms with van der Waals surface area (Å²) in [6, 6.07) is 11.8. The second-order valence-electron chi connectivity index (χ2n) is 6.00. The van der Waals surface area contributed by atoms with Crippen LogP contribution in [-0.2, 0) is 10.3 Å². The summed E-state index contributed by atoms with van der Waals surface area (Å²) in [6.45, 7) is 1.58. The van der Waals surface area contributed by atoms with Crippen LogP contribution in [-0.4, -0.2) is 35.2 Å². The predicted octanol–water partition coefficient (Wildman–Crippen LogP) is 2.40. The zero-order valence-corrected chi connectivity index (χ0v) is 14.6. The fraction of sp³-hybridized carbons (Fsp3) is 0.167. The Labute approximate surface area is 154 Å². The quantitative estimate of drug-likeness (QED) is 0.377. The monoisotopic (exact) mass is 368 g/mol. The van der Waals surface area contributed by atoms with Gasteiger partial charge in [-0.1, -0.05) is 24.3 Å². The van der Waals surface area contributed by atoms with Crippen molar-refractivity contribution in [1.82, 2.24) is 10.3 Å². The van der Waals surface area contributed by atoms with Gasteiger partial charge in [0.25, 0.3) is 11.6 Å². The number of nitrogens with zero attached hydrogens (tertiary/aromatic N) is 3. The number of amides is 3. The van der Waals surface area contributed by atoms with E-state index >= 15 is 0 Å². The van der Waals surface area contributed by atoms with E-state index in [9.17, 15) is 19.7 Å². The van der Waals surface area contributed by atoms with Gasteiger partial charge in [0.05, 0.1) is 18.2 Å². The molecule has 0 aromatic heterocycles. The number of nitro benzene ring substituents is 1. The van der Waals surface area contributed by atoms with Gasteiger partial charge < -0.3 is 10.1 Å². The Bertz CT molecular complexity index is 941. The van der Waals surface area contributed by atoms with Crippen molar-refractivity contribution >= 4 is 23.8 Å². The van der Waals surface area contributed by atoms with E-state index in [1.807, 2.05) is 0 Å². The number of hydrogen-bond acceptors (Lipinski definition) is 6. The topological polar surface area (TPSA) is 114 Å². The summed E-state index contributed by atoms with van der Waals surface area (Å²) in [5, 5.41) is 18.1. The fourth-order valence-corrected chi connectivity index (χ4v) is 2.69. The Morgan fingerprint density at radius 1 is 1.22 bits per heavy atom. The predicted molar refractivity (Wildman–Crippen MR) is 96.4 cm³/mol. The molecule has 138 valence electrons. The third-order valence-corrected chi connectivity index (χ3v) is 4.24. The van der Waals surface area contributed by atoms with E-state index in [0.29, 0.717) is 21.9 Å². The zero-order valence-electron chi connectivity index (χ0n) is 14.6. The highest BCUT2D eigenvalue weighted by molar-refractivity contribution is 6.07. The maximum absolute atomic E-state index is 12.8. The molecule has 0 spiro atoms. The van der Waals surface area contributed by atoms with E-state index in [-0.39, 0.29) is 5.69 Å². The van der Waals surface area contributed by atoms with Gasteiger partial charge in [-0.25, -0.2) is 4.79 Å². The summed E-state index contributed by atoms with van der Waals surface area (Å²) in [6.07, 6.45) is 1.23. The average Bonchev–Trinajstić information content (AvgIpc) is 2.89. The number of nitrogens with one attached hydrogen (secondary N) is 1. The molecule has 1 atom stereocenters. The molecule has 1 saturated heterocycles. The molecule has 1 aliphatic heterocycles. The van der Waals surface area contributed by atoms with Crippen LogP contribution in [0.3, 0.4) is 0 Å². The van der Waals surface area contributed by atoms with Gasteiger partial charge >= 0.3 is 6.03 Å². The second-order valence-corrected chi connectivity index (χ2v) is 6.00. The Kier molecular flexibility index (Phi) is 4.59. The number of nitro groups is 1. The van der Waals surface area contributed by atoms with Crippen molar-refractivity contribution in [2.24, 2.45) is 5.10 Å². The van der Waals surface area contributed by atoms with Crippen LogP contribution in [0.4, 0.5) is 10.5 Å². The molecule has 0 bridgehead atoms. The summed E-state index contributed by atoms with van der Waals surface area (Å²) >= 11 is 0. The summed E-state index contributed by atoms with van der Waals surface area (Å²) in [5.74, 6) is 0.0685. The first-order chi connectivity index (χ1) is 12.8. The maximum atomic E-state index is 12.8. The fourth-order valence-electron chi connectivity index (χ4n) is 2.69. The standard InChI is InChI=1S/C18H16N4O5/c1-18(13-6-8-15(27-2)9-7-13)16(23)21(17(24)20-18)19-11-12-4-3-5-14(10-12)22(25)26/h3-11H,1-2H3,(H,20,24)/b19-11-/t18-/m1/s1. The van der Waals surface area contributed by atoms with E-state index in [2.05, 4.69) is 10.4 Å². The third kappa shape index (κ3) is 3.34. The van der Waals surface area contributed by atoms with Gasteiger partial charge in [0.2, 0.25) is 0 Å². The minimum Gasteiger partial charge on any atom is -0.497 e. The molecule has 0 radical (unpaired) electrons. The Balaban J connectivity index is 1.85. The van der Waals surface area contributed by atoms with Crippen LogP contribution in [0.25, 0.3) is 0 Å². The van der Waals surface area contributed by atoms with Gasteiger partial charge in [0, 0.05) is 17.7 Å². The third-order valence-electron chi connectivity index (χ3n) is 4.24. The number of urea groups is 1. The van der Waals surface area contributed by atoms with Crippen molar-refractivity contribution in [3.63, 3.8) is 0 Å². The van der Waals surface area contributed by atoms with Gasteiger partial charge in [-0.2, -0.15) is 5.10 Å². The highest BCUT2D eigenvalue weighted by atomic mass is 16.6. The van der Waals surface area contributed by atoms with Crippen LogP contribution >= 0.6 is 0 Å². The molecule has 9 nitrogen and oxygen atoms in total. The molecule has 0 saturated carbocycles. The van der Waals surface area contributed by atoms with Crippen molar-refractivity contribution in [3.8, 4) is 5.75 Å². The van der Waals surface area contributed by atoms with Crippen LogP contribution in [0, 0.1) is 10.1 Å². The Morgan fingerprint density at radius 2 is 1.93 bits per heavy atom. The maximum Gasteiger partial charge on any atom is 0.346 e. The van der Waals surface area contributed by atoms with Gasteiger partial charge in [-0.3, -0.25) is 14.9 Å². The number of carbonyl (C=O) groups is 2. The van der Waals surface area contributed by atoms with E-state index < -0.39 is 22.4 Å². The molecule has 9 heteroatoms. The lowest BCUT2D eigenvalue weighted by atomic mass is 9.92. The molecule has 27 heavy (non-hydrogen) atoms. The minimum absolute atomic E-state index is 0.112. The van der Waals surface area contributed by atoms with Crippen molar-refractivity contribution in [2.45, 2.75) is 12.5 Å². The number of ether oxygens (including phenoxy) is 1. The Morgan fingerprint density at radius 3 is 2.56 bits per heavy atom. The number of imide groups is 1. The van der Waals surface area contributed by atoms with Gasteiger partial charge in [0.1, 0.15) is 11.3 Å². The van der Waals surface area contributed by atoms with Crippen molar-refractivity contribution in [1.29, 1.82) is 0 Å². The molecule has 2 aromatic rings. The molecule has 2 aromatic carbocycles. The number of hydrogen-bond donors (Lipinski definition) is 1. The zero-order chi connectivity index (χ0) is 19.6. The first kappa shape index (κ1) is 18.1. The van der Waals surface area contributed by atoms with Crippen LogP contribution < -0.4 is 10.1 Å². The second kappa shape index (κ2) is 6.87. The molecular weight excluding hydrogens is 352 g/mol. The smallest absolute Gasteiger partial charge is 0.346 e. The molecule has 1 fully saturated rings. The van der Waals surface area contributed by atoms with Crippen LogP contribution in [0.5, 0.6) is 5.75 Å². The molecule has 1 aliphatic rings. The summed E-state index contributed by atoms with van der Waals surface area (Å²) in [5.41, 5.74) is -0.416. The van der Waals surface area contributed by atoms with E-state index in [1.54, 1.807) is 37.3 Å². The summed E-state index contributed by atoms with van der Waals surface area (Å²) < 4.78 is 5.09. The Hall–Kier alpha value is -3.75. The number of non-ortho nitro benzene ring substituents is 1. The average molecular weight is 368 g/mol. The molecule has 0 unspecified atom stereocenters. The number of carbonyl (C=O) groups excluding carboxylic acids is 2. The molecule has 0 aliphatic carbocycles. The number of rotatable bonds is 5. The van der Waals surface area contributed by atoms with E-state index in [4.69, 9.17) is 4.74 Å². The molecule has 3 amide bonds. The van der Waals surface area contributed by atoms with Crippen LogP contribution in [0.1, 0.15) is 18.1 Å². The first-order valence-electron chi connectivity index (χ1n) is 7.95. The lowest BCUT2D eigenvalue weighted by Crippen LogP contribution is -2.40. The van der Waals surface area contributed by atoms with Gasteiger partial charge in [0.15, 0.2) is 0 Å². The molecule has 1 heterocycles. The van der Waals surface area contributed by atoms with Crippen molar-refractivity contribution in [3.05, 3.63) is 69.8 Å². The van der Waals surface area contributed by atoms with Crippen molar-refractivity contribution in [2.75, 3.05) is 7.11 Å². The van der Waals surface area contributed by atoms with E-state index in [0.717, 1.165) is 0 Å². The van der Waals surface area contributed by atoms with E-state index in [1.165, 1.54) is 31.5 Å². The lowest BCUT2D eigenvalue weighted by molar-refractivity contribution is -0.384. The summed E-state index contributed by atoms with van der Waals surface area (Å²) in [4.78, 5) is 35.3. The number of methoxy groups -OCH3 is 1. The lowest BCUT2D eigenvalue weighted by Gasteiger charge is -2.21. The van der Waals surface area contributed by atoms with Gasteiger partial charge in [-0.05, 0) is 24.6 Å². The number of hydrazone groups is 1. The van der Waals surface area contributed by atoms with Crippen LogP contribution in [0.15, 0.2) is 53.6 Å². The highest BCUT2D eigenvalue weighted by Gasteiger charge is 2.49. The minimum atomic E-state index is -1.27.